The van der Waals surface area contributed by atoms with Crippen LogP contribution < -0.4 is 16.4 Å². The van der Waals surface area contributed by atoms with Gasteiger partial charge in [-0.15, -0.1) is 24.8 Å². The number of piperidine rings is 1. The topological polar surface area (TPSA) is 88.7 Å². The van der Waals surface area contributed by atoms with Crippen molar-refractivity contribution in [3.63, 3.8) is 0 Å². The summed E-state index contributed by atoms with van der Waals surface area (Å²) in [6, 6.07) is 5.29. The number of anilines is 1. The molecule has 1 aliphatic heterocycles. The van der Waals surface area contributed by atoms with Crippen molar-refractivity contribution in [1.29, 1.82) is 0 Å². The van der Waals surface area contributed by atoms with Crippen molar-refractivity contribution in [3.05, 3.63) is 28.7 Å². The number of halogens is 2. The molecule has 0 aliphatic carbocycles. The Bertz CT molecular complexity index is 854. The van der Waals surface area contributed by atoms with Crippen molar-refractivity contribution in [2.24, 2.45) is 5.41 Å². The molecule has 29 heavy (non-hydrogen) atoms. The van der Waals surface area contributed by atoms with Gasteiger partial charge < -0.3 is 24.7 Å². The lowest BCUT2D eigenvalue weighted by Crippen LogP contribution is -2.47. The molecular weight excluding hydrogens is 419 g/mol. The summed E-state index contributed by atoms with van der Waals surface area (Å²) in [7, 11) is 5.53. The van der Waals surface area contributed by atoms with Crippen LogP contribution in [-0.4, -0.2) is 62.8 Å². The van der Waals surface area contributed by atoms with E-state index < -0.39 is 5.41 Å². The number of nitrogens with zero attached hydrogens (tertiary/aromatic N) is 2. The van der Waals surface area contributed by atoms with Gasteiger partial charge in [-0.05, 0) is 58.2 Å². The second-order valence-electron chi connectivity index (χ2n) is 7.42. The third-order valence-corrected chi connectivity index (χ3v) is 5.16. The summed E-state index contributed by atoms with van der Waals surface area (Å²) in [4.78, 5) is 27.1. The zero-order valence-corrected chi connectivity index (χ0v) is 18.7. The first kappa shape index (κ1) is 25.5. The summed E-state index contributed by atoms with van der Waals surface area (Å²) in [6.45, 7) is 3.22. The zero-order chi connectivity index (χ0) is 19.4. The Morgan fingerprint density at radius 2 is 2.00 bits per heavy atom. The number of hydrogen-bond acceptors (Lipinski definition) is 6. The quantitative estimate of drug-likeness (QED) is 0.672. The number of aromatic nitrogens is 1. The Balaban J connectivity index is 0.00000210. The summed E-state index contributed by atoms with van der Waals surface area (Å²) in [6.07, 6.45) is 1.46. The fourth-order valence-electron chi connectivity index (χ4n) is 3.53. The van der Waals surface area contributed by atoms with Gasteiger partial charge in [-0.25, -0.2) is 4.79 Å². The summed E-state index contributed by atoms with van der Waals surface area (Å²) >= 11 is 0. The van der Waals surface area contributed by atoms with Crippen LogP contribution in [0.2, 0.25) is 0 Å². The SMILES string of the molecule is COCC1(C(=O)Nc2ccc3oc(=O)n(CCN(C)C)c3c2)CCNCC1.Cl.Cl. The Morgan fingerprint density at radius 1 is 1.31 bits per heavy atom. The van der Waals surface area contributed by atoms with Crippen LogP contribution >= 0.6 is 24.8 Å². The van der Waals surface area contributed by atoms with Gasteiger partial charge in [-0.2, -0.15) is 0 Å². The van der Waals surface area contributed by atoms with E-state index >= 15 is 0 Å². The van der Waals surface area contributed by atoms with Crippen LogP contribution in [0.1, 0.15) is 12.8 Å². The summed E-state index contributed by atoms with van der Waals surface area (Å²) in [5.74, 6) is -0.430. The lowest BCUT2D eigenvalue weighted by atomic mass is 9.78. The van der Waals surface area contributed by atoms with Gasteiger partial charge in [-0.3, -0.25) is 9.36 Å². The summed E-state index contributed by atoms with van der Waals surface area (Å²) in [5, 5.41) is 6.30. The standard InChI is InChI=1S/C19H28N4O4.2ClH/c1-22(2)10-11-23-15-12-14(4-5-16(15)27-18(23)25)21-17(24)19(13-26-3)6-8-20-9-7-19;;/h4-5,12,20H,6-11,13H2,1-3H3,(H,21,24);2*1H. The summed E-state index contributed by atoms with van der Waals surface area (Å²) < 4.78 is 12.2. The van der Waals surface area contributed by atoms with Gasteiger partial charge in [0.15, 0.2) is 5.58 Å². The number of benzene rings is 1. The van der Waals surface area contributed by atoms with E-state index in [4.69, 9.17) is 9.15 Å². The maximum Gasteiger partial charge on any atom is 0.419 e. The van der Waals surface area contributed by atoms with Gasteiger partial charge in [0.25, 0.3) is 0 Å². The molecule has 8 nitrogen and oxygen atoms in total. The highest BCUT2D eigenvalue weighted by Gasteiger charge is 2.39. The molecule has 0 saturated carbocycles. The molecule has 1 aromatic carbocycles. The molecule has 3 rings (SSSR count). The number of methoxy groups -OCH3 is 1. The number of carbonyl (C=O) groups is 1. The second kappa shape index (κ2) is 11.0. The fraction of sp³-hybridized carbons (Fsp3) is 0.579. The van der Waals surface area contributed by atoms with Gasteiger partial charge in [-0.1, -0.05) is 0 Å². The van der Waals surface area contributed by atoms with Gasteiger partial charge in [0.1, 0.15) is 0 Å². The van der Waals surface area contributed by atoms with E-state index in [1.165, 1.54) is 0 Å². The third kappa shape index (κ3) is 5.73. The molecule has 2 aromatic rings. The second-order valence-corrected chi connectivity index (χ2v) is 7.42. The van der Waals surface area contributed by atoms with Crippen LogP contribution in [-0.2, 0) is 16.1 Å². The minimum Gasteiger partial charge on any atom is -0.408 e. The van der Waals surface area contributed by atoms with Crippen molar-refractivity contribution in [2.75, 3.05) is 52.8 Å². The zero-order valence-electron chi connectivity index (χ0n) is 17.0. The molecule has 2 heterocycles. The lowest BCUT2D eigenvalue weighted by molar-refractivity contribution is -0.130. The predicted molar refractivity (Wildman–Crippen MR) is 119 cm³/mol. The largest absolute Gasteiger partial charge is 0.419 e. The molecule has 0 bridgehead atoms. The molecule has 1 amide bonds. The number of ether oxygens (including phenoxy) is 1. The molecule has 0 unspecified atom stereocenters. The number of oxazole rings is 1. The minimum absolute atomic E-state index is 0. The van der Waals surface area contributed by atoms with Crippen LogP contribution in [0.25, 0.3) is 11.1 Å². The van der Waals surface area contributed by atoms with Crippen molar-refractivity contribution in [3.8, 4) is 0 Å². The fourth-order valence-corrected chi connectivity index (χ4v) is 3.53. The monoisotopic (exact) mass is 448 g/mol. The van der Waals surface area contributed by atoms with E-state index in [1.54, 1.807) is 29.9 Å². The minimum atomic E-state index is -0.532. The highest BCUT2D eigenvalue weighted by Crippen LogP contribution is 2.31. The van der Waals surface area contributed by atoms with E-state index in [9.17, 15) is 9.59 Å². The first-order valence-electron chi connectivity index (χ1n) is 9.24. The maximum atomic E-state index is 13.0. The molecule has 1 fully saturated rings. The van der Waals surface area contributed by atoms with E-state index in [1.807, 2.05) is 19.0 Å². The first-order valence-corrected chi connectivity index (χ1v) is 9.24. The van der Waals surface area contributed by atoms with Crippen LogP contribution in [0, 0.1) is 5.41 Å². The molecule has 0 radical (unpaired) electrons. The Hall–Kier alpha value is -1.58. The maximum absolute atomic E-state index is 13.0. The average molecular weight is 449 g/mol. The normalized spacial score (nSPS) is 15.6. The molecular formula is C19H30Cl2N4O4. The van der Waals surface area contributed by atoms with Crippen LogP contribution in [0.5, 0.6) is 0 Å². The van der Waals surface area contributed by atoms with E-state index in [-0.39, 0.29) is 36.5 Å². The van der Waals surface area contributed by atoms with E-state index in [0.29, 0.717) is 29.9 Å². The van der Waals surface area contributed by atoms with Crippen molar-refractivity contribution in [2.45, 2.75) is 19.4 Å². The van der Waals surface area contributed by atoms with Crippen molar-refractivity contribution >= 4 is 47.5 Å². The molecule has 0 spiro atoms. The molecule has 2 N–H and O–H groups in total. The number of rotatable bonds is 7. The highest BCUT2D eigenvalue weighted by molar-refractivity contribution is 5.97. The molecule has 0 atom stereocenters. The van der Waals surface area contributed by atoms with Crippen LogP contribution in [0.15, 0.2) is 27.4 Å². The van der Waals surface area contributed by atoms with Gasteiger partial charge >= 0.3 is 5.76 Å². The smallest absolute Gasteiger partial charge is 0.408 e. The van der Waals surface area contributed by atoms with Gasteiger partial charge in [0.05, 0.1) is 17.5 Å². The predicted octanol–water partition coefficient (Wildman–Crippen LogP) is 1.95. The first-order chi connectivity index (χ1) is 12.9. The molecule has 1 saturated heterocycles. The number of likely N-dealkylation sites (N-methyl/N-ethyl adjacent to an activating group) is 1. The third-order valence-electron chi connectivity index (χ3n) is 5.16. The molecule has 1 aromatic heterocycles. The number of carbonyl (C=O) groups excluding carboxylic acids is 1. The number of hydrogen-bond donors (Lipinski definition) is 2. The molecule has 164 valence electrons. The average Bonchev–Trinajstić information content (AvgIpc) is 2.95. The number of nitrogens with one attached hydrogen (secondary N) is 2. The Kier molecular flexibility index (Phi) is 9.64. The van der Waals surface area contributed by atoms with Gasteiger partial charge in [0.2, 0.25) is 5.91 Å². The van der Waals surface area contributed by atoms with Gasteiger partial charge in [0, 0.05) is 25.9 Å². The van der Waals surface area contributed by atoms with E-state index in [2.05, 4.69) is 10.6 Å². The lowest BCUT2D eigenvalue weighted by Gasteiger charge is -2.35. The number of fused-ring (bicyclic) bond motifs is 1. The van der Waals surface area contributed by atoms with E-state index in [0.717, 1.165) is 32.5 Å². The Morgan fingerprint density at radius 3 is 2.62 bits per heavy atom. The molecule has 10 heteroatoms. The number of amides is 1. The van der Waals surface area contributed by atoms with Crippen molar-refractivity contribution < 1.29 is 13.9 Å². The van der Waals surface area contributed by atoms with Crippen LogP contribution in [0.4, 0.5) is 5.69 Å². The Labute approximate surface area is 182 Å². The van der Waals surface area contributed by atoms with Crippen LogP contribution in [0.3, 0.4) is 0 Å². The molecule has 1 aliphatic rings. The summed E-state index contributed by atoms with van der Waals surface area (Å²) in [5.41, 5.74) is 1.33. The highest BCUT2D eigenvalue weighted by atomic mass is 35.5. The van der Waals surface area contributed by atoms with Crippen molar-refractivity contribution in [1.82, 2.24) is 14.8 Å².